The Morgan fingerprint density at radius 3 is 2.71 bits per heavy atom. The van der Waals surface area contributed by atoms with E-state index in [4.69, 9.17) is 0 Å². The second-order valence-electron chi connectivity index (χ2n) is 4.46. The van der Waals surface area contributed by atoms with Crippen LogP contribution in [0, 0.1) is 0 Å². The summed E-state index contributed by atoms with van der Waals surface area (Å²) in [4.78, 5) is 12.9. The van der Waals surface area contributed by atoms with Gasteiger partial charge < -0.3 is 10.4 Å². The third-order valence-electron chi connectivity index (χ3n) is 3.03. The van der Waals surface area contributed by atoms with Crippen molar-refractivity contribution in [3.05, 3.63) is 20.8 Å². The predicted molar refractivity (Wildman–Crippen MR) is 72.1 cm³/mol. The maximum atomic E-state index is 11.8. The van der Waals surface area contributed by atoms with Gasteiger partial charge >= 0.3 is 0 Å². The van der Waals surface area contributed by atoms with Gasteiger partial charge in [0.2, 0.25) is 5.91 Å². The average molecular weight is 318 g/mol. The van der Waals surface area contributed by atoms with Crippen LogP contribution >= 0.6 is 27.3 Å². The fourth-order valence-corrected chi connectivity index (χ4v) is 3.59. The SMILES string of the molecule is O=C(Cc1ccc(Br)s1)NC1CCC(O)CC1. The van der Waals surface area contributed by atoms with Crippen LogP contribution in [0.15, 0.2) is 15.9 Å². The molecule has 1 aromatic heterocycles. The van der Waals surface area contributed by atoms with Gasteiger partial charge in [0.1, 0.15) is 0 Å². The van der Waals surface area contributed by atoms with Crippen molar-refractivity contribution in [3.8, 4) is 0 Å². The van der Waals surface area contributed by atoms with E-state index < -0.39 is 0 Å². The number of carbonyl (C=O) groups is 1. The number of rotatable bonds is 3. The average Bonchev–Trinajstić information content (AvgIpc) is 2.67. The topological polar surface area (TPSA) is 49.3 Å². The molecule has 0 aliphatic heterocycles. The molecule has 0 saturated heterocycles. The number of hydrogen-bond donors (Lipinski definition) is 2. The lowest BCUT2D eigenvalue weighted by molar-refractivity contribution is -0.121. The molecular weight excluding hydrogens is 302 g/mol. The summed E-state index contributed by atoms with van der Waals surface area (Å²) in [5, 5.41) is 12.4. The molecule has 1 aromatic rings. The summed E-state index contributed by atoms with van der Waals surface area (Å²) >= 11 is 4.98. The molecule has 0 radical (unpaired) electrons. The van der Waals surface area contributed by atoms with Crippen molar-refractivity contribution in [1.82, 2.24) is 5.32 Å². The van der Waals surface area contributed by atoms with Crippen LogP contribution < -0.4 is 5.32 Å². The van der Waals surface area contributed by atoms with Crippen molar-refractivity contribution in [3.63, 3.8) is 0 Å². The fraction of sp³-hybridized carbons (Fsp3) is 0.583. The smallest absolute Gasteiger partial charge is 0.225 e. The number of thiophene rings is 1. The van der Waals surface area contributed by atoms with Gasteiger partial charge in [0, 0.05) is 10.9 Å². The van der Waals surface area contributed by atoms with Gasteiger partial charge in [-0.3, -0.25) is 4.79 Å². The Labute approximate surface area is 113 Å². The molecular formula is C12H16BrNO2S. The van der Waals surface area contributed by atoms with E-state index in [1.54, 1.807) is 11.3 Å². The molecule has 0 aromatic carbocycles. The van der Waals surface area contributed by atoms with Gasteiger partial charge in [-0.05, 0) is 53.7 Å². The minimum Gasteiger partial charge on any atom is -0.393 e. The van der Waals surface area contributed by atoms with E-state index in [-0.39, 0.29) is 18.1 Å². The Bertz CT molecular complexity index is 386. The molecule has 3 nitrogen and oxygen atoms in total. The Balaban J connectivity index is 1.77. The van der Waals surface area contributed by atoms with E-state index in [1.807, 2.05) is 12.1 Å². The molecule has 1 aliphatic rings. The molecule has 1 fully saturated rings. The molecule has 1 saturated carbocycles. The highest BCUT2D eigenvalue weighted by atomic mass is 79.9. The van der Waals surface area contributed by atoms with E-state index in [0.29, 0.717) is 6.42 Å². The minimum absolute atomic E-state index is 0.0840. The first-order valence-electron chi connectivity index (χ1n) is 5.85. The molecule has 0 atom stereocenters. The fourth-order valence-electron chi connectivity index (χ4n) is 2.10. The Morgan fingerprint density at radius 2 is 2.12 bits per heavy atom. The van der Waals surface area contributed by atoms with Crippen LogP contribution in [-0.2, 0) is 11.2 Å². The van der Waals surface area contributed by atoms with E-state index in [9.17, 15) is 9.90 Å². The van der Waals surface area contributed by atoms with E-state index in [2.05, 4.69) is 21.2 Å². The largest absolute Gasteiger partial charge is 0.393 e. The first-order valence-corrected chi connectivity index (χ1v) is 7.46. The van der Waals surface area contributed by atoms with Gasteiger partial charge in [-0.1, -0.05) is 0 Å². The molecule has 17 heavy (non-hydrogen) atoms. The first kappa shape index (κ1) is 13.1. The summed E-state index contributed by atoms with van der Waals surface area (Å²) < 4.78 is 1.06. The lowest BCUT2D eigenvalue weighted by Gasteiger charge is -2.26. The zero-order valence-corrected chi connectivity index (χ0v) is 11.9. The number of aliphatic hydroxyl groups is 1. The highest BCUT2D eigenvalue weighted by molar-refractivity contribution is 9.11. The molecule has 1 aliphatic carbocycles. The number of aliphatic hydroxyl groups excluding tert-OH is 1. The second-order valence-corrected chi connectivity index (χ2v) is 7.00. The van der Waals surface area contributed by atoms with E-state index in [1.165, 1.54) is 0 Å². The Morgan fingerprint density at radius 1 is 1.41 bits per heavy atom. The third-order valence-corrected chi connectivity index (χ3v) is 4.65. The number of halogens is 1. The lowest BCUT2D eigenvalue weighted by atomic mass is 9.93. The maximum Gasteiger partial charge on any atom is 0.225 e. The number of carbonyl (C=O) groups excluding carboxylic acids is 1. The van der Waals surface area contributed by atoms with Crippen molar-refractivity contribution in [1.29, 1.82) is 0 Å². The molecule has 1 amide bonds. The molecule has 0 spiro atoms. The number of nitrogens with one attached hydrogen (secondary N) is 1. The Hall–Kier alpha value is -0.390. The normalized spacial score (nSPS) is 24.6. The third kappa shape index (κ3) is 4.08. The van der Waals surface area contributed by atoms with E-state index >= 15 is 0 Å². The summed E-state index contributed by atoms with van der Waals surface area (Å²) in [7, 11) is 0. The van der Waals surface area contributed by atoms with Crippen molar-refractivity contribution >= 4 is 33.2 Å². The molecule has 0 unspecified atom stereocenters. The lowest BCUT2D eigenvalue weighted by Crippen LogP contribution is -2.39. The Kier molecular flexibility index (Phi) is 4.59. The zero-order valence-electron chi connectivity index (χ0n) is 9.49. The van der Waals surface area contributed by atoms with Gasteiger partial charge in [-0.25, -0.2) is 0 Å². The van der Waals surface area contributed by atoms with Crippen molar-refractivity contribution < 1.29 is 9.90 Å². The number of amides is 1. The van der Waals surface area contributed by atoms with Crippen molar-refractivity contribution in [2.75, 3.05) is 0 Å². The van der Waals surface area contributed by atoms with Gasteiger partial charge in [-0.2, -0.15) is 0 Å². The summed E-state index contributed by atoms with van der Waals surface area (Å²) in [6, 6.07) is 4.18. The molecule has 2 N–H and O–H groups in total. The maximum absolute atomic E-state index is 11.8. The minimum atomic E-state index is -0.170. The van der Waals surface area contributed by atoms with Crippen LogP contribution in [0.4, 0.5) is 0 Å². The molecule has 2 rings (SSSR count). The number of hydrogen-bond acceptors (Lipinski definition) is 3. The summed E-state index contributed by atoms with van der Waals surface area (Å²) in [6.45, 7) is 0. The monoisotopic (exact) mass is 317 g/mol. The van der Waals surface area contributed by atoms with Crippen LogP contribution in [0.2, 0.25) is 0 Å². The first-order chi connectivity index (χ1) is 8.13. The summed E-state index contributed by atoms with van der Waals surface area (Å²) in [5.74, 6) is 0.0840. The van der Waals surface area contributed by atoms with Crippen LogP contribution in [-0.4, -0.2) is 23.2 Å². The summed E-state index contributed by atoms with van der Waals surface area (Å²) in [6.07, 6.45) is 3.67. The quantitative estimate of drug-likeness (QED) is 0.899. The van der Waals surface area contributed by atoms with Gasteiger partial charge in [-0.15, -0.1) is 11.3 Å². The van der Waals surface area contributed by atoms with E-state index in [0.717, 1.165) is 34.3 Å². The molecule has 1 heterocycles. The second kappa shape index (κ2) is 5.98. The molecule has 5 heteroatoms. The van der Waals surface area contributed by atoms with Crippen LogP contribution in [0.5, 0.6) is 0 Å². The van der Waals surface area contributed by atoms with Crippen molar-refractivity contribution in [2.24, 2.45) is 0 Å². The van der Waals surface area contributed by atoms with Crippen LogP contribution in [0.3, 0.4) is 0 Å². The highest BCUT2D eigenvalue weighted by Gasteiger charge is 2.20. The predicted octanol–water partition coefficient (Wildman–Crippen LogP) is 2.47. The molecule has 0 bridgehead atoms. The van der Waals surface area contributed by atoms with Gasteiger partial charge in [0.25, 0.3) is 0 Å². The zero-order chi connectivity index (χ0) is 12.3. The standard InChI is InChI=1S/C12H16BrNO2S/c13-11-6-5-10(17-11)7-12(16)14-8-1-3-9(15)4-2-8/h5-6,8-9,15H,1-4,7H2,(H,14,16). The van der Waals surface area contributed by atoms with Gasteiger partial charge in [0.05, 0.1) is 16.3 Å². The summed E-state index contributed by atoms with van der Waals surface area (Å²) in [5.41, 5.74) is 0. The highest BCUT2D eigenvalue weighted by Crippen LogP contribution is 2.23. The van der Waals surface area contributed by atoms with Crippen LogP contribution in [0.1, 0.15) is 30.6 Å². The van der Waals surface area contributed by atoms with Crippen LogP contribution in [0.25, 0.3) is 0 Å². The van der Waals surface area contributed by atoms with Gasteiger partial charge in [0.15, 0.2) is 0 Å². The molecule has 94 valence electrons. The van der Waals surface area contributed by atoms with Crippen molar-refractivity contribution in [2.45, 2.75) is 44.2 Å².